The molecule has 0 bridgehead atoms. The number of aryl methyl sites for hydroxylation is 1. The zero-order chi connectivity index (χ0) is 15.3. The van der Waals surface area contributed by atoms with Gasteiger partial charge in [-0.15, -0.1) is 0 Å². The molecule has 2 aromatic carbocycles. The number of aliphatic carboxylic acids is 1. The first kappa shape index (κ1) is 15.1. The fourth-order valence-electron chi connectivity index (χ4n) is 2.55. The Hall–Kier alpha value is -2.33. The molecule has 4 nitrogen and oxygen atoms in total. The van der Waals surface area contributed by atoms with Crippen LogP contribution in [0.5, 0.6) is 0 Å². The van der Waals surface area contributed by atoms with Crippen LogP contribution in [-0.4, -0.2) is 17.6 Å². The number of para-hydroxylation sites is 1. The van der Waals surface area contributed by atoms with Crippen LogP contribution in [0.2, 0.25) is 0 Å². The largest absolute Gasteiger partial charge is 0.481 e. The average molecular weight is 284 g/mol. The molecule has 4 heteroatoms. The number of rotatable bonds is 6. The summed E-state index contributed by atoms with van der Waals surface area (Å²) in [5.74, 6) is -0.897. The Morgan fingerprint density at radius 2 is 1.67 bits per heavy atom. The van der Waals surface area contributed by atoms with Crippen LogP contribution in [-0.2, 0) is 16.6 Å². The highest BCUT2D eigenvalue weighted by molar-refractivity contribution is 5.81. The van der Waals surface area contributed by atoms with Gasteiger partial charge in [-0.25, -0.2) is 0 Å². The summed E-state index contributed by atoms with van der Waals surface area (Å²) in [4.78, 5) is 11.8. The molecule has 0 aromatic heterocycles. The summed E-state index contributed by atoms with van der Waals surface area (Å²) in [6, 6.07) is 16.7. The lowest BCUT2D eigenvalue weighted by atomic mass is 9.76. The molecule has 0 fully saturated rings. The van der Waals surface area contributed by atoms with Gasteiger partial charge in [-0.1, -0.05) is 48.5 Å². The van der Waals surface area contributed by atoms with Crippen LogP contribution in [0.25, 0.3) is 0 Å². The molecule has 0 spiro atoms. The topological polar surface area (TPSA) is 89.3 Å². The van der Waals surface area contributed by atoms with E-state index in [0.717, 1.165) is 11.1 Å². The quantitative estimate of drug-likeness (QED) is 0.709. The highest BCUT2D eigenvalue weighted by atomic mass is 16.4. The van der Waals surface area contributed by atoms with Crippen LogP contribution in [0.3, 0.4) is 0 Å². The molecule has 110 valence electrons. The van der Waals surface area contributed by atoms with Gasteiger partial charge in [0.2, 0.25) is 0 Å². The van der Waals surface area contributed by atoms with Crippen molar-refractivity contribution in [1.82, 2.24) is 0 Å². The fraction of sp³-hybridized carbons (Fsp3) is 0.235. The second-order valence-electron chi connectivity index (χ2n) is 5.16. The number of hydrogen-bond donors (Lipinski definition) is 3. The SMILES string of the molecule is NCC(CCc1ccccc1N)(C(=O)O)c1ccccc1. The van der Waals surface area contributed by atoms with Gasteiger partial charge in [0.25, 0.3) is 0 Å². The van der Waals surface area contributed by atoms with E-state index in [4.69, 9.17) is 11.5 Å². The first-order chi connectivity index (χ1) is 10.1. The first-order valence-corrected chi connectivity index (χ1v) is 6.92. The van der Waals surface area contributed by atoms with Gasteiger partial charge >= 0.3 is 5.97 Å². The highest BCUT2D eigenvalue weighted by Crippen LogP contribution is 2.30. The van der Waals surface area contributed by atoms with E-state index in [1.165, 1.54) is 0 Å². The third-order valence-electron chi connectivity index (χ3n) is 3.96. The Bertz CT molecular complexity index is 613. The molecule has 21 heavy (non-hydrogen) atoms. The Morgan fingerprint density at radius 1 is 1.05 bits per heavy atom. The maximum absolute atomic E-state index is 11.8. The molecular weight excluding hydrogens is 264 g/mol. The fourth-order valence-corrected chi connectivity index (χ4v) is 2.55. The Balaban J connectivity index is 2.30. The first-order valence-electron chi connectivity index (χ1n) is 6.92. The summed E-state index contributed by atoms with van der Waals surface area (Å²) in [6.45, 7) is 0.0546. The van der Waals surface area contributed by atoms with E-state index < -0.39 is 11.4 Å². The summed E-state index contributed by atoms with van der Waals surface area (Å²) in [5, 5.41) is 9.71. The van der Waals surface area contributed by atoms with Crippen LogP contribution < -0.4 is 11.5 Å². The Morgan fingerprint density at radius 3 is 2.24 bits per heavy atom. The number of nitrogen functional groups attached to an aromatic ring is 1. The van der Waals surface area contributed by atoms with Crippen LogP contribution in [0.15, 0.2) is 54.6 Å². The van der Waals surface area contributed by atoms with Gasteiger partial charge in [0.05, 0.1) is 0 Å². The number of carbonyl (C=O) groups is 1. The van der Waals surface area contributed by atoms with E-state index in [-0.39, 0.29) is 6.54 Å². The Kier molecular flexibility index (Phi) is 4.60. The van der Waals surface area contributed by atoms with Gasteiger partial charge in [-0.2, -0.15) is 0 Å². The number of hydrogen-bond acceptors (Lipinski definition) is 3. The number of nitrogens with two attached hydrogens (primary N) is 2. The van der Waals surface area contributed by atoms with Gasteiger partial charge in [0.1, 0.15) is 5.41 Å². The molecule has 0 amide bonds. The molecule has 5 N–H and O–H groups in total. The van der Waals surface area contributed by atoms with Crippen molar-refractivity contribution in [3.8, 4) is 0 Å². The molecule has 0 radical (unpaired) electrons. The van der Waals surface area contributed by atoms with E-state index in [0.29, 0.717) is 18.5 Å². The van der Waals surface area contributed by atoms with Crippen molar-refractivity contribution in [1.29, 1.82) is 0 Å². The van der Waals surface area contributed by atoms with Crippen LogP contribution >= 0.6 is 0 Å². The lowest BCUT2D eigenvalue weighted by Crippen LogP contribution is -2.43. The summed E-state index contributed by atoms with van der Waals surface area (Å²) in [5.41, 5.74) is 13.0. The zero-order valence-electron chi connectivity index (χ0n) is 11.8. The average Bonchev–Trinajstić information content (AvgIpc) is 2.51. The van der Waals surface area contributed by atoms with Crippen LogP contribution in [0.4, 0.5) is 5.69 Å². The van der Waals surface area contributed by atoms with E-state index >= 15 is 0 Å². The van der Waals surface area contributed by atoms with Crippen molar-refractivity contribution in [2.75, 3.05) is 12.3 Å². The maximum atomic E-state index is 11.8. The molecule has 1 unspecified atom stereocenters. The minimum atomic E-state index is -1.08. The van der Waals surface area contributed by atoms with Crippen molar-refractivity contribution in [3.63, 3.8) is 0 Å². The number of anilines is 1. The van der Waals surface area contributed by atoms with Crippen LogP contribution in [0.1, 0.15) is 17.5 Å². The van der Waals surface area contributed by atoms with Crippen LogP contribution in [0, 0.1) is 0 Å². The molecule has 1 atom stereocenters. The van der Waals surface area contributed by atoms with Crippen molar-refractivity contribution in [3.05, 3.63) is 65.7 Å². The zero-order valence-corrected chi connectivity index (χ0v) is 11.8. The second kappa shape index (κ2) is 6.41. The number of carboxylic acid groups (broad SMARTS) is 1. The summed E-state index contributed by atoms with van der Waals surface area (Å²) >= 11 is 0. The number of benzene rings is 2. The molecule has 0 saturated carbocycles. The smallest absolute Gasteiger partial charge is 0.315 e. The normalized spacial score (nSPS) is 13.6. The van der Waals surface area contributed by atoms with Gasteiger partial charge in [0.15, 0.2) is 0 Å². The maximum Gasteiger partial charge on any atom is 0.315 e. The molecule has 0 aliphatic rings. The third-order valence-corrected chi connectivity index (χ3v) is 3.96. The third kappa shape index (κ3) is 3.06. The van der Waals surface area contributed by atoms with Gasteiger partial charge < -0.3 is 16.6 Å². The summed E-state index contributed by atoms with van der Waals surface area (Å²) in [6.07, 6.45) is 0.988. The molecule has 0 saturated heterocycles. The minimum Gasteiger partial charge on any atom is -0.481 e. The van der Waals surface area contributed by atoms with E-state index in [9.17, 15) is 9.90 Å². The summed E-state index contributed by atoms with van der Waals surface area (Å²) in [7, 11) is 0. The standard InChI is InChI=1S/C17H20N2O2/c18-12-17(16(20)21,14-7-2-1-3-8-14)11-10-13-6-4-5-9-15(13)19/h1-9H,10-12,18-19H2,(H,20,21). The van der Waals surface area contributed by atoms with Gasteiger partial charge in [-0.3, -0.25) is 4.79 Å². The second-order valence-corrected chi connectivity index (χ2v) is 5.16. The molecule has 2 rings (SSSR count). The monoisotopic (exact) mass is 284 g/mol. The van der Waals surface area contributed by atoms with Gasteiger partial charge in [-0.05, 0) is 30.0 Å². The molecule has 2 aromatic rings. The molecule has 0 aliphatic heterocycles. The van der Waals surface area contributed by atoms with E-state index in [2.05, 4.69) is 0 Å². The summed E-state index contributed by atoms with van der Waals surface area (Å²) < 4.78 is 0. The van der Waals surface area contributed by atoms with Crippen molar-refractivity contribution in [2.45, 2.75) is 18.3 Å². The number of carboxylic acids is 1. The van der Waals surface area contributed by atoms with E-state index in [1.807, 2.05) is 54.6 Å². The van der Waals surface area contributed by atoms with Crippen molar-refractivity contribution < 1.29 is 9.90 Å². The Labute approximate surface area is 124 Å². The predicted octanol–water partition coefficient (Wildman–Crippen LogP) is 2.18. The lowest BCUT2D eigenvalue weighted by Gasteiger charge is -2.28. The van der Waals surface area contributed by atoms with Crippen molar-refractivity contribution >= 4 is 11.7 Å². The van der Waals surface area contributed by atoms with Crippen molar-refractivity contribution in [2.24, 2.45) is 5.73 Å². The predicted molar refractivity (Wildman–Crippen MR) is 84.0 cm³/mol. The minimum absolute atomic E-state index is 0.0546. The van der Waals surface area contributed by atoms with E-state index in [1.54, 1.807) is 0 Å². The molecule has 0 aliphatic carbocycles. The molecular formula is C17H20N2O2. The highest BCUT2D eigenvalue weighted by Gasteiger charge is 2.38. The lowest BCUT2D eigenvalue weighted by molar-refractivity contribution is -0.143. The van der Waals surface area contributed by atoms with Gasteiger partial charge in [0, 0.05) is 12.2 Å². The molecule has 0 heterocycles.